The summed E-state index contributed by atoms with van der Waals surface area (Å²) in [6.45, 7) is -7.84. The minimum Gasteiger partial charge on any atom is -0.477 e. The van der Waals surface area contributed by atoms with E-state index in [4.69, 9.17) is 61.6 Å². The first-order valence-corrected chi connectivity index (χ1v) is 33.2. The second-order valence-electron chi connectivity index (χ2n) is 26.8. The Morgan fingerprint density at radius 2 is 0.731 bits per heavy atom. The van der Waals surface area contributed by atoms with Gasteiger partial charge in [-0.3, -0.25) is 9.59 Å². The Bertz CT molecular complexity index is 2990. The molecule has 7 rings (SSSR count). The van der Waals surface area contributed by atoms with Crippen LogP contribution in [0.15, 0.2) is 0 Å². The normalized spacial score (nSPS) is 44.1. The summed E-state index contributed by atoms with van der Waals surface area (Å²) < 4.78 is 72.8. The molecule has 7 aliphatic heterocycles. The van der Waals surface area contributed by atoms with Crippen molar-refractivity contribution in [1.82, 2.24) is 10.6 Å². The Labute approximate surface area is 606 Å². The highest BCUT2D eigenvalue weighted by Crippen LogP contribution is 2.43. The summed E-state index contributed by atoms with van der Waals surface area (Å²) in [5, 5.41) is 318. The molecule has 0 radical (unpaired) electrons. The smallest absolute Gasteiger partial charge is 0.364 e. The van der Waals surface area contributed by atoms with Crippen molar-refractivity contribution >= 4 is 35.7 Å². The van der Waals surface area contributed by atoms with Gasteiger partial charge in [0.1, 0.15) is 171 Å². The van der Waals surface area contributed by atoms with Crippen LogP contribution in [0.1, 0.15) is 39.5 Å². The lowest BCUT2D eigenvalue weighted by Gasteiger charge is -2.51. The number of rotatable bonds is 33. The highest BCUT2D eigenvalue weighted by atomic mass is 16.8. The molecule has 50 heteroatoms. The molecular weight excluding hydrogens is 1490 g/mol. The summed E-state index contributed by atoms with van der Waals surface area (Å²) in [7, 11) is 0. The van der Waals surface area contributed by atoms with Crippen LogP contribution in [-0.2, 0) is 90.3 Å². The summed E-state index contributed by atoms with van der Waals surface area (Å²) in [5.74, 6) is -24.8. The van der Waals surface area contributed by atoms with Crippen molar-refractivity contribution in [1.29, 1.82) is 0 Å². The number of carboxylic acid groups (broad SMARTS) is 4. The zero-order chi connectivity index (χ0) is 81.1. The first-order chi connectivity index (χ1) is 50.4. The number of aliphatic hydroxyl groups is 25. The van der Waals surface area contributed by atoms with E-state index in [9.17, 15) is 177 Å². The van der Waals surface area contributed by atoms with Crippen LogP contribution in [0.4, 0.5) is 0 Å². The molecule has 0 saturated carbocycles. The van der Waals surface area contributed by atoms with Crippen molar-refractivity contribution in [3.63, 3.8) is 0 Å². The van der Waals surface area contributed by atoms with E-state index in [1.54, 1.807) is 0 Å². The molecule has 1 unspecified atom stereocenters. The fraction of sp³-hybridized carbons (Fsp3) is 0.897. The molecule has 0 spiro atoms. The van der Waals surface area contributed by atoms with Crippen LogP contribution < -0.4 is 10.6 Å². The van der Waals surface area contributed by atoms with Gasteiger partial charge >= 0.3 is 23.9 Å². The van der Waals surface area contributed by atoms with Crippen molar-refractivity contribution in [2.75, 3.05) is 46.2 Å². The lowest BCUT2D eigenvalue weighted by Crippen LogP contribution is -2.71. The minimum atomic E-state index is -3.59. The zero-order valence-corrected chi connectivity index (χ0v) is 56.7. The van der Waals surface area contributed by atoms with Gasteiger partial charge in [0.2, 0.25) is 11.8 Å². The molecule has 7 saturated heterocycles. The van der Waals surface area contributed by atoms with Crippen LogP contribution in [0.2, 0.25) is 0 Å². The van der Waals surface area contributed by atoms with Crippen molar-refractivity contribution in [2.24, 2.45) is 0 Å². The molecule has 7 heterocycles. The van der Waals surface area contributed by atoms with Crippen LogP contribution in [0.25, 0.3) is 0 Å². The van der Waals surface area contributed by atoms with Crippen LogP contribution in [-0.4, -0.2) is 467 Å². The van der Waals surface area contributed by atoms with E-state index < -0.39 is 345 Å². The van der Waals surface area contributed by atoms with E-state index in [1.165, 1.54) is 0 Å². The van der Waals surface area contributed by atoms with Gasteiger partial charge in [-0.15, -0.1) is 0 Å². The molecule has 39 atom stereocenters. The van der Waals surface area contributed by atoms with Crippen LogP contribution in [0, 0.1) is 0 Å². The third-order valence-corrected chi connectivity index (χ3v) is 19.3. The van der Waals surface area contributed by atoms with Crippen LogP contribution in [0.5, 0.6) is 0 Å². The van der Waals surface area contributed by atoms with E-state index in [-0.39, 0.29) is 0 Å². The second kappa shape index (κ2) is 37.1. The first kappa shape index (κ1) is 90.5. The van der Waals surface area contributed by atoms with Gasteiger partial charge in [0, 0.05) is 39.5 Å². The lowest BCUT2D eigenvalue weighted by molar-refractivity contribution is -0.388. The topological polar surface area (TPSA) is 833 Å². The summed E-state index contributed by atoms with van der Waals surface area (Å²) in [6.07, 6.45) is -83.9. The summed E-state index contributed by atoms with van der Waals surface area (Å²) in [6, 6.07) is -4.10. The molecule has 7 fully saturated rings. The predicted octanol–water partition coefficient (Wildman–Crippen LogP) is -19.2. The molecule has 7 aliphatic rings. The molecule has 50 nitrogen and oxygen atoms in total. The second-order valence-corrected chi connectivity index (χ2v) is 26.8. The summed E-state index contributed by atoms with van der Waals surface area (Å²) in [5.41, 5.74) is 0. The predicted molar refractivity (Wildman–Crippen MR) is 324 cm³/mol. The van der Waals surface area contributed by atoms with Gasteiger partial charge < -0.3 is 220 Å². The third-order valence-electron chi connectivity index (χ3n) is 19.3. The number of hydrogen-bond donors (Lipinski definition) is 31. The molecule has 108 heavy (non-hydrogen) atoms. The van der Waals surface area contributed by atoms with E-state index >= 15 is 0 Å². The Balaban J connectivity index is 1.13. The number of ether oxygens (including phenoxy) is 13. The molecule has 2 amide bonds. The lowest BCUT2D eigenvalue weighted by atomic mass is 9.89. The van der Waals surface area contributed by atoms with Crippen molar-refractivity contribution < 1.29 is 238 Å². The van der Waals surface area contributed by atoms with E-state index in [0.29, 0.717) is 0 Å². The molecule has 0 aromatic carbocycles. The molecule has 0 bridgehead atoms. The maximum absolute atomic E-state index is 13.4. The fourth-order valence-electron chi connectivity index (χ4n) is 13.4. The van der Waals surface area contributed by atoms with Gasteiger partial charge in [0.15, 0.2) is 18.9 Å². The van der Waals surface area contributed by atoms with Gasteiger partial charge in [0.25, 0.3) is 23.1 Å². The summed E-state index contributed by atoms with van der Waals surface area (Å²) in [4.78, 5) is 78.2. The summed E-state index contributed by atoms with van der Waals surface area (Å²) >= 11 is 0. The average Bonchev–Trinajstić information content (AvgIpc) is 0.763. The van der Waals surface area contributed by atoms with Crippen LogP contribution in [0.3, 0.4) is 0 Å². The first-order valence-electron chi connectivity index (χ1n) is 33.2. The Morgan fingerprint density at radius 3 is 1.12 bits per heavy atom. The van der Waals surface area contributed by atoms with Gasteiger partial charge in [-0.25, -0.2) is 19.2 Å². The largest absolute Gasteiger partial charge is 0.477 e. The van der Waals surface area contributed by atoms with Crippen molar-refractivity contribution in [2.45, 2.75) is 277 Å². The fourth-order valence-corrected chi connectivity index (χ4v) is 13.4. The van der Waals surface area contributed by atoms with E-state index in [2.05, 4.69) is 10.6 Å². The van der Waals surface area contributed by atoms with Crippen molar-refractivity contribution in [3.05, 3.63) is 0 Å². The van der Waals surface area contributed by atoms with Gasteiger partial charge in [-0.2, -0.15) is 0 Å². The van der Waals surface area contributed by atoms with Gasteiger partial charge in [0.05, 0.1) is 70.7 Å². The minimum absolute atomic E-state index is 0.851. The molecule has 0 aromatic rings. The molecule has 31 N–H and O–H groups in total. The van der Waals surface area contributed by atoms with Crippen molar-refractivity contribution in [3.8, 4) is 0 Å². The number of nitrogens with one attached hydrogen (secondary N) is 2. The van der Waals surface area contributed by atoms with Crippen LogP contribution >= 0.6 is 0 Å². The number of hydrogen-bond acceptors (Lipinski definition) is 44. The number of carbonyl (C=O) groups excluding carboxylic acids is 2. The number of carbonyl (C=O) groups is 6. The van der Waals surface area contributed by atoms with Gasteiger partial charge in [-0.05, 0) is 0 Å². The standard InChI is InChI=1S/C58H94N2O48/c1-14(67)59-27-41(100-49-28(60-15(2)68)42(35(81)22(9-63)98-49)101-50-40(86)47(36(82)23(10-64)99-50)108-58(54(94)95)6-19(72)30(76)44(106-58)34(80)21(74)8-62)39(85)26(97-48(27)87)13-96-55(51(88)89)3-16(69)31(77)45(104-55)37(83)24(11-65)103-57(53(92)93)5-18(71)32(78)46(107-57)38(84)25(12-66)102-56(52(90)91)4-17(70)29(75)43(105-56)33(79)20(73)7-61/h16-50,61-66,69-87H,3-13H2,1-2H3,(H,59,67)(H,60,68)(H,88,89)(H,90,91)(H,92,93)(H,94,95)/t16-,17-,18-,19-,20+,21+,22+,23+,24+,25+,26+,27+,28+,29+,30+,31+,32+,33+,34+,35-,36-,37-,38+,39-,40+,41+,42+,43+,44+,45+,46+,47-,48?,49+,50-,55+,56+,57+,58-/m0/s1. The highest BCUT2D eigenvalue weighted by Gasteiger charge is 2.65. The van der Waals surface area contributed by atoms with Gasteiger partial charge in [-0.1, -0.05) is 0 Å². The SMILES string of the molecule is CC(=O)N[C@H]1[C@@H](O[C@H]2[C@@H](O)[C@@H](CO[C@]3(C(=O)O)C[C@H](O)[C@@H](O)[C@H]([C@@H](O)[C@@H](CO)O[C@]4(C(=O)O)C[C@H](O)[C@@H](O)[C@H]([C@H](O)[C@@H](CO)O[C@]5(C(=O)O)C[C@H](O)[C@@H](O)[C@H]([C@H](O)[C@H](O)CO)O5)O4)O3)OC(O)[C@@H]2NC(C)=O)O[C@H](CO)[C@H](O)[C@@H]1O[C@@H]1O[C@H](CO)[C@H](O)[C@H](O[C@]2(C(=O)O)C[C@H](O)[C@@H](O)[C@H]([C@H](O)[C@H](O)CO)O2)[C@H]1O. The molecule has 0 aliphatic carbocycles. The maximum Gasteiger partial charge on any atom is 0.364 e. The Hall–Kier alpha value is -4.70. The number of amides is 2. The highest BCUT2D eigenvalue weighted by molar-refractivity contribution is 5.78. The monoisotopic (exact) mass is 1590 g/mol. The average molecular weight is 1590 g/mol. The third kappa shape index (κ3) is 18.9. The van der Waals surface area contributed by atoms with E-state index in [1.807, 2.05) is 0 Å². The molecule has 0 aromatic heterocycles. The zero-order valence-electron chi connectivity index (χ0n) is 56.7. The number of carboxylic acids is 4. The quantitative estimate of drug-likeness (QED) is 0.0290. The number of aliphatic carboxylic acids is 4. The Kier molecular flexibility index (Phi) is 31.1. The number of aliphatic hydroxyl groups excluding tert-OH is 25. The molecular formula is C58H94N2O48. The molecule has 624 valence electrons. The Morgan fingerprint density at radius 1 is 0.398 bits per heavy atom. The van der Waals surface area contributed by atoms with E-state index in [0.717, 1.165) is 13.8 Å². The maximum atomic E-state index is 13.4.